The maximum Gasteiger partial charge on any atom is 0.433 e. The van der Waals surface area contributed by atoms with Crippen molar-refractivity contribution in [2.75, 3.05) is 18.1 Å². The fourth-order valence-electron chi connectivity index (χ4n) is 4.00. The van der Waals surface area contributed by atoms with Crippen molar-refractivity contribution in [3.63, 3.8) is 0 Å². The molecule has 4 rings (SSSR count). The number of rotatable bonds is 3. The van der Waals surface area contributed by atoms with Crippen LogP contribution in [0.25, 0.3) is 5.65 Å². The first-order chi connectivity index (χ1) is 12.3. The van der Waals surface area contributed by atoms with Gasteiger partial charge in [0.25, 0.3) is 0 Å². The van der Waals surface area contributed by atoms with Crippen LogP contribution < -0.4 is 0 Å². The van der Waals surface area contributed by atoms with Gasteiger partial charge in [0.2, 0.25) is 0 Å². The first kappa shape index (κ1) is 18.1. The number of thioether (sulfide) groups is 1. The summed E-state index contributed by atoms with van der Waals surface area (Å²) >= 11 is 1.95. The van der Waals surface area contributed by atoms with Gasteiger partial charge in [0.15, 0.2) is 5.65 Å². The molecule has 0 bridgehead atoms. The molecule has 142 valence electrons. The molecule has 4 nitrogen and oxygen atoms in total. The molecule has 2 fully saturated rings. The third-order valence-corrected chi connectivity index (χ3v) is 6.50. The van der Waals surface area contributed by atoms with Crippen LogP contribution in [0.2, 0.25) is 0 Å². The second kappa shape index (κ2) is 6.71. The Balaban J connectivity index is 1.77. The lowest BCUT2D eigenvalue weighted by molar-refractivity contribution is -0.142. The number of hydrogen-bond acceptors (Lipinski definition) is 4. The molecule has 0 aromatic carbocycles. The van der Waals surface area contributed by atoms with Crippen molar-refractivity contribution < 1.29 is 13.2 Å². The normalized spacial score (nSPS) is 25.0. The Hall–Kier alpha value is -1.28. The molecule has 0 amide bonds. The van der Waals surface area contributed by atoms with E-state index in [-0.39, 0.29) is 12.0 Å². The van der Waals surface area contributed by atoms with E-state index in [1.54, 1.807) is 6.07 Å². The third-order valence-electron chi connectivity index (χ3n) is 5.36. The minimum absolute atomic E-state index is 0.0713. The molecule has 0 unspecified atom stereocenters. The monoisotopic (exact) mass is 384 g/mol. The van der Waals surface area contributed by atoms with E-state index in [1.807, 2.05) is 25.6 Å². The lowest BCUT2D eigenvalue weighted by atomic mass is 10.1. The van der Waals surface area contributed by atoms with E-state index in [9.17, 15) is 13.2 Å². The number of hydrogen-bond donors (Lipinski definition) is 0. The molecule has 0 aliphatic carbocycles. The van der Waals surface area contributed by atoms with Crippen LogP contribution in [0.15, 0.2) is 12.1 Å². The number of halogens is 3. The smallest absolute Gasteiger partial charge is 0.291 e. The van der Waals surface area contributed by atoms with Gasteiger partial charge in [-0.15, -0.1) is 0 Å². The van der Waals surface area contributed by atoms with Crippen LogP contribution in [0, 0.1) is 0 Å². The van der Waals surface area contributed by atoms with Crippen molar-refractivity contribution in [3.8, 4) is 0 Å². The summed E-state index contributed by atoms with van der Waals surface area (Å²) in [6, 6.07) is 3.50. The molecule has 2 aliphatic rings. The lowest BCUT2D eigenvalue weighted by Gasteiger charge is -2.28. The molecule has 2 saturated heterocycles. The van der Waals surface area contributed by atoms with Gasteiger partial charge in [-0.25, -0.2) is 9.50 Å². The standard InChI is InChI=1S/C18H23F3N4S/c1-11(2)13-8-16(18(19,20)21)25-17(22-13)9-14(23-25)15-4-3-6-24(15)12-5-7-26-10-12/h8-9,11-12,15H,3-7,10H2,1-2H3/t12-,15+/m0/s1. The van der Waals surface area contributed by atoms with Gasteiger partial charge < -0.3 is 0 Å². The number of likely N-dealkylation sites (tertiary alicyclic amines) is 1. The average molecular weight is 384 g/mol. The predicted octanol–water partition coefficient (Wildman–Crippen LogP) is 4.51. The number of fused-ring (bicyclic) bond motifs is 1. The quantitative estimate of drug-likeness (QED) is 0.779. The Morgan fingerprint density at radius 1 is 1.23 bits per heavy atom. The van der Waals surface area contributed by atoms with Gasteiger partial charge in [-0.2, -0.15) is 30.0 Å². The summed E-state index contributed by atoms with van der Waals surface area (Å²) in [5, 5.41) is 4.37. The summed E-state index contributed by atoms with van der Waals surface area (Å²) in [5.74, 6) is 2.20. The number of aromatic nitrogens is 3. The Labute approximate surface area is 155 Å². The summed E-state index contributed by atoms with van der Waals surface area (Å²) in [5.41, 5.74) is 0.731. The van der Waals surface area contributed by atoms with Gasteiger partial charge in [0.1, 0.15) is 5.69 Å². The molecule has 26 heavy (non-hydrogen) atoms. The number of nitrogens with zero attached hydrogens (tertiary/aromatic N) is 4. The van der Waals surface area contributed by atoms with E-state index in [0.717, 1.165) is 53.6 Å². The first-order valence-electron chi connectivity index (χ1n) is 9.16. The van der Waals surface area contributed by atoms with Crippen LogP contribution in [-0.2, 0) is 6.18 Å². The van der Waals surface area contributed by atoms with Crippen LogP contribution in [0.5, 0.6) is 0 Å². The molecular formula is C18H23F3N4S. The van der Waals surface area contributed by atoms with Crippen molar-refractivity contribution in [1.82, 2.24) is 19.5 Å². The third kappa shape index (κ3) is 3.22. The zero-order valence-electron chi connectivity index (χ0n) is 15.0. The first-order valence-corrected chi connectivity index (χ1v) is 10.3. The van der Waals surface area contributed by atoms with E-state index in [4.69, 9.17) is 0 Å². The summed E-state index contributed by atoms with van der Waals surface area (Å²) < 4.78 is 41.7. The fraction of sp³-hybridized carbons (Fsp3) is 0.667. The average Bonchev–Trinajstić information content (AvgIpc) is 3.30. The summed E-state index contributed by atoms with van der Waals surface area (Å²) in [6.45, 7) is 4.71. The topological polar surface area (TPSA) is 33.4 Å². The van der Waals surface area contributed by atoms with Crippen molar-refractivity contribution >= 4 is 17.4 Å². The zero-order chi connectivity index (χ0) is 18.5. The SMILES string of the molecule is CC(C)c1cc(C(F)(F)F)n2nc([C@H]3CCCN3[C@H]3CCSC3)cc2n1. The van der Waals surface area contributed by atoms with Gasteiger partial charge in [-0.1, -0.05) is 13.8 Å². The highest BCUT2D eigenvalue weighted by atomic mass is 32.2. The van der Waals surface area contributed by atoms with Gasteiger partial charge in [-0.05, 0) is 43.5 Å². The minimum atomic E-state index is -4.45. The van der Waals surface area contributed by atoms with E-state index in [0.29, 0.717) is 17.4 Å². The van der Waals surface area contributed by atoms with E-state index in [1.165, 1.54) is 0 Å². The molecule has 2 aliphatic heterocycles. The van der Waals surface area contributed by atoms with Crippen molar-refractivity contribution in [1.29, 1.82) is 0 Å². The van der Waals surface area contributed by atoms with Crippen LogP contribution in [0.1, 0.15) is 62.2 Å². The molecule has 8 heteroatoms. The Morgan fingerprint density at radius 3 is 2.69 bits per heavy atom. The fourth-order valence-corrected chi connectivity index (χ4v) is 5.24. The maximum atomic E-state index is 13.6. The largest absolute Gasteiger partial charge is 0.433 e. The van der Waals surface area contributed by atoms with Gasteiger partial charge in [-0.3, -0.25) is 4.90 Å². The maximum absolute atomic E-state index is 13.6. The molecule has 2 atom stereocenters. The highest BCUT2D eigenvalue weighted by Gasteiger charge is 2.38. The molecule has 2 aromatic heterocycles. The van der Waals surface area contributed by atoms with E-state index < -0.39 is 11.9 Å². The Kier molecular flexibility index (Phi) is 4.67. The van der Waals surface area contributed by atoms with Crippen LogP contribution in [0.3, 0.4) is 0 Å². The van der Waals surface area contributed by atoms with Crippen LogP contribution in [-0.4, -0.2) is 43.6 Å². The molecule has 0 spiro atoms. The highest BCUT2D eigenvalue weighted by Crippen LogP contribution is 2.38. The summed E-state index contributed by atoms with van der Waals surface area (Å²) in [7, 11) is 0. The zero-order valence-corrected chi connectivity index (χ0v) is 15.8. The molecular weight excluding hydrogens is 361 g/mol. The van der Waals surface area contributed by atoms with Crippen molar-refractivity contribution in [2.45, 2.75) is 57.3 Å². The van der Waals surface area contributed by atoms with Gasteiger partial charge in [0, 0.05) is 23.6 Å². The Bertz CT molecular complexity index is 796. The second-order valence-corrected chi connectivity index (χ2v) is 8.62. The lowest BCUT2D eigenvalue weighted by Crippen LogP contribution is -2.34. The molecule has 0 N–H and O–H groups in total. The molecule has 0 radical (unpaired) electrons. The van der Waals surface area contributed by atoms with E-state index >= 15 is 0 Å². The highest BCUT2D eigenvalue weighted by molar-refractivity contribution is 7.99. The summed E-state index contributed by atoms with van der Waals surface area (Å²) in [4.78, 5) is 6.88. The molecule has 4 heterocycles. The second-order valence-electron chi connectivity index (χ2n) is 7.47. The van der Waals surface area contributed by atoms with Crippen molar-refractivity contribution in [2.24, 2.45) is 0 Å². The van der Waals surface area contributed by atoms with Crippen LogP contribution >= 0.6 is 11.8 Å². The van der Waals surface area contributed by atoms with Gasteiger partial charge in [0.05, 0.1) is 11.7 Å². The molecule has 0 saturated carbocycles. The van der Waals surface area contributed by atoms with Crippen LogP contribution in [0.4, 0.5) is 13.2 Å². The Morgan fingerprint density at radius 2 is 2.04 bits per heavy atom. The predicted molar refractivity (Wildman–Crippen MR) is 96.5 cm³/mol. The van der Waals surface area contributed by atoms with E-state index in [2.05, 4.69) is 15.0 Å². The van der Waals surface area contributed by atoms with Gasteiger partial charge >= 0.3 is 6.18 Å². The summed E-state index contributed by atoms with van der Waals surface area (Å²) in [6.07, 6.45) is -1.29. The number of alkyl halides is 3. The van der Waals surface area contributed by atoms with Crippen molar-refractivity contribution in [3.05, 3.63) is 29.2 Å². The molecule has 2 aromatic rings. The minimum Gasteiger partial charge on any atom is -0.291 e.